The zero-order valence-corrected chi connectivity index (χ0v) is 19.6. The molecule has 0 bridgehead atoms. The maximum atomic E-state index is 13.4. The van der Waals surface area contributed by atoms with Crippen LogP contribution in [-0.2, 0) is 16.9 Å². The second-order valence-electron chi connectivity index (χ2n) is 7.67. The molecule has 0 aliphatic rings. The quantitative estimate of drug-likeness (QED) is 0.339. The van der Waals surface area contributed by atoms with Gasteiger partial charge in [0.05, 0.1) is 15.6 Å². The highest BCUT2D eigenvalue weighted by molar-refractivity contribution is 6.42. The largest absolute Gasteiger partial charge is 0.530 e. The summed E-state index contributed by atoms with van der Waals surface area (Å²) in [5.41, 5.74) is -1.03. The monoisotopic (exact) mass is 519 g/mol. The van der Waals surface area contributed by atoms with Crippen molar-refractivity contribution < 1.29 is 32.3 Å². The summed E-state index contributed by atoms with van der Waals surface area (Å²) in [4.78, 5) is 26.3. The molecule has 0 fully saturated rings. The Morgan fingerprint density at radius 3 is 2.21 bits per heavy atom. The summed E-state index contributed by atoms with van der Waals surface area (Å²) in [5.74, 6) is -1.80. The third-order valence-electron chi connectivity index (χ3n) is 5.21. The van der Waals surface area contributed by atoms with Crippen LogP contribution in [0.3, 0.4) is 0 Å². The number of alkyl halides is 3. The molecule has 5 nitrogen and oxygen atoms in total. The summed E-state index contributed by atoms with van der Waals surface area (Å²) < 4.78 is 51.9. The Morgan fingerprint density at radius 2 is 1.71 bits per heavy atom. The van der Waals surface area contributed by atoms with E-state index in [1.165, 1.54) is 36.4 Å². The van der Waals surface area contributed by atoms with Gasteiger partial charge in [0.25, 0.3) is 0 Å². The molecule has 2 rings (SSSR count). The summed E-state index contributed by atoms with van der Waals surface area (Å²) >= 11 is 12.2. The number of rotatable bonds is 9. The van der Waals surface area contributed by atoms with E-state index in [9.17, 15) is 32.3 Å². The van der Waals surface area contributed by atoms with Crippen LogP contribution in [-0.4, -0.2) is 41.6 Å². The number of hydrogen-bond donors (Lipinski definition) is 0. The van der Waals surface area contributed by atoms with Gasteiger partial charge in [-0.25, -0.2) is 4.39 Å². The van der Waals surface area contributed by atoms with Gasteiger partial charge in [0, 0.05) is 20.1 Å². The number of carbonyl (C=O) groups is 2. The Kier molecular flexibility index (Phi) is 8.96. The van der Waals surface area contributed by atoms with Gasteiger partial charge in [0.15, 0.2) is 0 Å². The maximum absolute atomic E-state index is 13.4. The first-order valence-electron chi connectivity index (χ1n) is 9.89. The van der Waals surface area contributed by atoms with Crippen molar-refractivity contribution in [3.05, 3.63) is 82.1 Å². The molecule has 0 radical (unpaired) electrons. The fourth-order valence-electron chi connectivity index (χ4n) is 3.60. The Hall–Kier alpha value is -2.78. The van der Waals surface area contributed by atoms with Gasteiger partial charge in [-0.1, -0.05) is 47.5 Å². The van der Waals surface area contributed by atoms with E-state index in [-0.39, 0.29) is 28.6 Å². The highest BCUT2D eigenvalue weighted by Crippen LogP contribution is 2.38. The predicted octanol–water partition coefficient (Wildman–Crippen LogP) is 5.16. The van der Waals surface area contributed by atoms with Gasteiger partial charge < -0.3 is 19.7 Å². The smallest absolute Gasteiger partial charge is 0.397 e. The van der Waals surface area contributed by atoms with Gasteiger partial charge in [-0.05, 0) is 41.8 Å². The van der Waals surface area contributed by atoms with Crippen LogP contribution in [0.25, 0.3) is 0 Å². The summed E-state index contributed by atoms with van der Waals surface area (Å²) in [5, 5.41) is 12.6. The summed E-state index contributed by atoms with van der Waals surface area (Å²) in [6.07, 6.45) is -6.90. The molecule has 34 heavy (non-hydrogen) atoms. The molecule has 2 amide bonds. The molecule has 0 saturated heterocycles. The maximum Gasteiger partial charge on any atom is 0.397 e. The molecule has 0 unspecified atom stereocenters. The first-order valence-corrected chi connectivity index (χ1v) is 10.6. The third-order valence-corrected chi connectivity index (χ3v) is 5.95. The Labute approximate surface area is 204 Å². The number of nitrogens with zero attached hydrogens (tertiary/aromatic N) is 2. The zero-order valence-electron chi connectivity index (χ0n) is 18.0. The van der Waals surface area contributed by atoms with E-state index in [0.29, 0.717) is 5.56 Å². The normalized spacial score (nSPS) is 13.1. The molecule has 0 aliphatic carbocycles. The summed E-state index contributed by atoms with van der Waals surface area (Å²) in [6, 6.07) is 9.22. The standard InChI is InChI=1S/C23H22Cl2F4N2O3/c1-3-10-22(16-6-9-18(24)19(25)11-16,14-30(2)20(32)12-23(27,28)29)31(21(33)34)13-15-4-7-17(26)8-5-15/h3-9,11H,1,10,12-14H2,2H3,(H,33,34)/p-1/t22-/m1/s1. The van der Waals surface area contributed by atoms with Crippen molar-refractivity contribution in [3.8, 4) is 0 Å². The van der Waals surface area contributed by atoms with Crippen LogP contribution in [0, 0.1) is 5.82 Å². The van der Waals surface area contributed by atoms with Gasteiger partial charge in [0.1, 0.15) is 18.3 Å². The molecule has 0 N–H and O–H groups in total. The average Bonchev–Trinajstić information content (AvgIpc) is 2.73. The number of halogens is 6. The fraction of sp³-hybridized carbons (Fsp3) is 0.304. The molecule has 2 aromatic rings. The van der Waals surface area contributed by atoms with Crippen LogP contribution in [0.15, 0.2) is 55.1 Å². The lowest BCUT2D eigenvalue weighted by atomic mass is 9.83. The molecule has 0 saturated carbocycles. The minimum Gasteiger partial charge on any atom is -0.530 e. The highest BCUT2D eigenvalue weighted by atomic mass is 35.5. The molecule has 2 aromatic carbocycles. The van der Waals surface area contributed by atoms with E-state index in [1.54, 1.807) is 0 Å². The second-order valence-corrected chi connectivity index (χ2v) is 8.49. The van der Waals surface area contributed by atoms with Crippen molar-refractivity contribution in [2.45, 2.75) is 31.1 Å². The van der Waals surface area contributed by atoms with Crippen molar-refractivity contribution >= 4 is 35.2 Å². The minimum atomic E-state index is -4.75. The molecule has 11 heteroatoms. The van der Waals surface area contributed by atoms with Gasteiger partial charge in [-0.3, -0.25) is 4.79 Å². The lowest BCUT2D eigenvalue weighted by molar-refractivity contribution is -0.274. The number of benzene rings is 2. The number of carbonyl (C=O) groups excluding carboxylic acids is 2. The zero-order chi connectivity index (χ0) is 25.7. The number of hydrogen-bond acceptors (Lipinski definition) is 3. The van der Waals surface area contributed by atoms with Crippen molar-refractivity contribution in [1.29, 1.82) is 0 Å². The lowest BCUT2D eigenvalue weighted by Gasteiger charge is -2.47. The second kappa shape index (κ2) is 11.1. The highest BCUT2D eigenvalue weighted by Gasteiger charge is 2.42. The van der Waals surface area contributed by atoms with Crippen LogP contribution in [0.1, 0.15) is 24.0 Å². The fourth-order valence-corrected chi connectivity index (χ4v) is 3.90. The molecule has 0 spiro atoms. The van der Waals surface area contributed by atoms with E-state index in [1.807, 2.05) is 0 Å². The van der Waals surface area contributed by atoms with E-state index in [0.717, 1.165) is 29.0 Å². The van der Waals surface area contributed by atoms with E-state index < -0.39 is 42.5 Å². The first-order chi connectivity index (χ1) is 15.8. The summed E-state index contributed by atoms with van der Waals surface area (Å²) in [7, 11) is 1.13. The van der Waals surface area contributed by atoms with Crippen LogP contribution < -0.4 is 5.11 Å². The minimum absolute atomic E-state index is 0.0666. The number of likely N-dealkylation sites (N-methyl/N-ethyl adjacent to an activating group) is 1. The van der Waals surface area contributed by atoms with E-state index in [2.05, 4.69) is 6.58 Å². The molecule has 0 heterocycles. The van der Waals surface area contributed by atoms with Gasteiger partial charge in [-0.15, -0.1) is 6.58 Å². The van der Waals surface area contributed by atoms with Crippen LogP contribution in [0.5, 0.6) is 0 Å². The summed E-state index contributed by atoms with van der Waals surface area (Å²) in [6.45, 7) is 2.84. The van der Waals surface area contributed by atoms with Crippen LogP contribution in [0.4, 0.5) is 22.4 Å². The Bertz CT molecular complexity index is 1050. The van der Waals surface area contributed by atoms with Crippen molar-refractivity contribution in [2.24, 2.45) is 0 Å². The molecule has 0 aromatic heterocycles. The number of carboxylic acid groups (broad SMARTS) is 1. The topological polar surface area (TPSA) is 63.7 Å². The Balaban J connectivity index is 2.65. The van der Waals surface area contributed by atoms with E-state index in [4.69, 9.17) is 23.2 Å². The van der Waals surface area contributed by atoms with Gasteiger partial charge >= 0.3 is 6.18 Å². The number of amides is 2. The lowest BCUT2D eigenvalue weighted by Crippen LogP contribution is -2.58. The molecule has 1 atom stereocenters. The first kappa shape index (κ1) is 27.5. The molecule has 0 aliphatic heterocycles. The van der Waals surface area contributed by atoms with Crippen molar-refractivity contribution in [2.75, 3.05) is 13.6 Å². The SMILES string of the molecule is C=CC[C@@](CN(C)C(=O)CC(F)(F)F)(c1ccc(Cl)c(Cl)c1)N(Cc1ccc(F)cc1)C(=O)[O-]. The predicted molar refractivity (Wildman–Crippen MR) is 119 cm³/mol. The van der Waals surface area contributed by atoms with Gasteiger partial charge in [-0.2, -0.15) is 13.2 Å². The van der Waals surface area contributed by atoms with Crippen molar-refractivity contribution in [3.63, 3.8) is 0 Å². The average molecular weight is 520 g/mol. The van der Waals surface area contributed by atoms with Crippen molar-refractivity contribution in [1.82, 2.24) is 9.80 Å². The Morgan fingerprint density at radius 1 is 1.09 bits per heavy atom. The van der Waals surface area contributed by atoms with E-state index >= 15 is 0 Å². The van der Waals surface area contributed by atoms with Crippen LogP contribution in [0.2, 0.25) is 10.0 Å². The van der Waals surface area contributed by atoms with Gasteiger partial charge in [0.2, 0.25) is 5.91 Å². The third kappa shape index (κ3) is 6.87. The molecular formula is C23H21Cl2F4N2O3-. The van der Waals surface area contributed by atoms with Crippen LogP contribution >= 0.6 is 23.2 Å². The molecule has 184 valence electrons. The molecular weight excluding hydrogens is 499 g/mol.